The summed E-state index contributed by atoms with van der Waals surface area (Å²) in [6.45, 7) is 2.24. The Labute approximate surface area is 119 Å². The minimum atomic E-state index is -3.40. The van der Waals surface area contributed by atoms with Crippen LogP contribution in [0.15, 0.2) is 14.7 Å². The molecule has 1 aromatic rings. The second-order valence-corrected chi connectivity index (χ2v) is 9.07. The lowest BCUT2D eigenvalue weighted by molar-refractivity contribution is 0.534. The Bertz CT molecular complexity index is 522. The third-order valence-electron chi connectivity index (χ3n) is 3.01. The number of thiophene rings is 1. The number of halogens is 2. The van der Waals surface area contributed by atoms with Crippen LogP contribution in [-0.2, 0) is 10.0 Å². The van der Waals surface area contributed by atoms with E-state index < -0.39 is 10.0 Å². The van der Waals surface area contributed by atoms with E-state index in [1.807, 2.05) is 0 Å². The summed E-state index contributed by atoms with van der Waals surface area (Å²) in [6, 6.07) is 1.64. The Morgan fingerprint density at radius 2 is 2.24 bits per heavy atom. The van der Waals surface area contributed by atoms with Crippen molar-refractivity contribution in [3.8, 4) is 0 Å². The molecule has 1 fully saturated rings. The van der Waals surface area contributed by atoms with E-state index in [2.05, 4.69) is 20.7 Å². The van der Waals surface area contributed by atoms with Gasteiger partial charge in [-0.3, -0.25) is 0 Å². The van der Waals surface area contributed by atoms with Crippen LogP contribution in [0, 0.1) is 12.3 Å². The van der Waals surface area contributed by atoms with Crippen LogP contribution in [0.3, 0.4) is 0 Å². The number of hydrogen-bond donors (Lipinski definition) is 1. The van der Waals surface area contributed by atoms with Gasteiger partial charge < -0.3 is 0 Å². The van der Waals surface area contributed by atoms with Crippen molar-refractivity contribution in [2.45, 2.75) is 24.7 Å². The fourth-order valence-electron chi connectivity index (χ4n) is 1.56. The van der Waals surface area contributed by atoms with Crippen LogP contribution in [0.1, 0.15) is 17.7 Å². The van der Waals surface area contributed by atoms with E-state index in [0.717, 1.165) is 21.5 Å². The molecule has 17 heavy (non-hydrogen) atoms. The average molecular weight is 359 g/mol. The molecule has 0 atom stereocenters. The van der Waals surface area contributed by atoms with Crippen LogP contribution in [0.5, 0.6) is 0 Å². The summed E-state index contributed by atoms with van der Waals surface area (Å²) in [4.78, 5) is 1.15. The van der Waals surface area contributed by atoms with Gasteiger partial charge in [0, 0.05) is 17.3 Å². The van der Waals surface area contributed by atoms with Gasteiger partial charge in [-0.1, -0.05) is 0 Å². The van der Waals surface area contributed by atoms with Gasteiger partial charge in [0.05, 0.1) is 8.68 Å². The predicted octanol–water partition coefficient (Wildman–Crippen LogP) is 3.12. The Morgan fingerprint density at radius 3 is 2.65 bits per heavy atom. The Morgan fingerprint density at radius 1 is 1.59 bits per heavy atom. The molecule has 0 amide bonds. The maximum atomic E-state index is 12.1. The third-order valence-corrected chi connectivity index (χ3v) is 6.79. The summed E-state index contributed by atoms with van der Waals surface area (Å²) >= 11 is 10.5. The van der Waals surface area contributed by atoms with Crippen molar-refractivity contribution in [2.75, 3.05) is 12.4 Å². The minimum absolute atomic E-state index is 0.00418. The fraction of sp³-hybridized carbons (Fsp3) is 0.600. The lowest BCUT2D eigenvalue weighted by atomic mass is 10.1. The Hall–Kier alpha value is 0.380. The van der Waals surface area contributed by atoms with Crippen LogP contribution in [0.2, 0.25) is 0 Å². The third kappa shape index (κ3) is 3.04. The molecule has 0 spiro atoms. The van der Waals surface area contributed by atoms with Gasteiger partial charge in [0.15, 0.2) is 0 Å². The molecule has 1 aromatic heterocycles. The van der Waals surface area contributed by atoms with Crippen molar-refractivity contribution in [3.05, 3.63) is 14.7 Å². The molecule has 1 saturated carbocycles. The highest BCUT2D eigenvalue weighted by Gasteiger charge is 2.42. The summed E-state index contributed by atoms with van der Waals surface area (Å²) in [5.41, 5.74) is -0.00418. The molecule has 0 aliphatic heterocycles. The molecule has 1 aliphatic rings. The predicted molar refractivity (Wildman–Crippen MR) is 74.3 cm³/mol. The van der Waals surface area contributed by atoms with Gasteiger partial charge >= 0.3 is 0 Å². The largest absolute Gasteiger partial charge is 0.241 e. The van der Waals surface area contributed by atoms with Crippen molar-refractivity contribution in [1.29, 1.82) is 0 Å². The number of hydrogen-bond acceptors (Lipinski definition) is 3. The van der Waals surface area contributed by atoms with E-state index in [9.17, 15) is 8.42 Å². The Kier molecular flexibility index (Phi) is 3.91. The molecule has 0 bridgehead atoms. The topological polar surface area (TPSA) is 46.2 Å². The fourth-order valence-corrected chi connectivity index (χ4v) is 5.49. The SMILES string of the molecule is Cc1sc(Br)cc1S(=O)(=O)NCC1(CCl)CC1. The van der Waals surface area contributed by atoms with Crippen LogP contribution in [-0.4, -0.2) is 20.8 Å². The highest BCUT2D eigenvalue weighted by Crippen LogP contribution is 2.46. The van der Waals surface area contributed by atoms with Crippen LogP contribution in [0.4, 0.5) is 0 Å². The molecule has 0 saturated heterocycles. The number of sulfonamides is 1. The van der Waals surface area contributed by atoms with Crippen LogP contribution in [0.25, 0.3) is 0 Å². The van der Waals surface area contributed by atoms with E-state index >= 15 is 0 Å². The van der Waals surface area contributed by atoms with Gasteiger partial charge in [-0.15, -0.1) is 22.9 Å². The standard InChI is InChI=1S/C10H13BrClNO2S2/c1-7-8(4-9(11)16-7)17(14,15)13-6-10(5-12)2-3-10/h4,13H,2-3,5-6H2,1H3. The number of rotatable bonds is 5. The molecule has 96 valence electrons. The highest BCUT2D eigenvalue weighted by atomic mass is 79.9. The summed E-state index contributed by atoms with van der Waals surface area (Å²) in [5.74, 6) is 0.516. The van der Waals surface area contributed by atoms with Crippen LogP contribution < -0.4 is 4.72 Å². The molecule has 3 nitrogen and oxygen atoms in total. The molecule has 1 aliphatic carbocycles. The number of aryl methyl sites for hydroxylation is 1. The molecule has 1 N–H and O–H groups in total. The molecular weight excluding hydrogens is 346 g/mol. The summed E-state index contributed by atoms with van der Waals surface area (Å²) in [5, 5.41) is 0. The van der Waals surface area contributed by atoms with Gasteiger partial charge in [0.25, 0.3) is 0 Å². The van der Waals surface area contributed by atoms with E-state index in [0.29, 0.717) is 17.3 Å². The average Bonchev–Trinajstić information content (AvgIpc) is 2.96. The van der Waals surface area contributed by atoms with Gasteiger partial charge in [0.2, 0.25) is 10.0 Å². The van der Waals surface area contributed by atoms with E-state index in [1.54, 1.807) is 13.0 Å². The monoisotopic (exact) mass is 357 g/mol. The number of alkyl halides is 1. The normalized spacial score (nSPS) is 18.3. The molecular formula is C10H13BrClNO2S2. The lowest BCUT2D eigenvalue weighted by Crippen LogP contribution is -2.31. The highest BCUT2D eigenvalue weighted by molar-refractivity contribution is 9.11. The molecule has 1 heterocycles. The summed E-state index contributed by atoms with van der Waals surface area (Å²) in [6.07, 6.45) is 2.01. The maximum absolute atomic E-state index is 12.1. The van der Waals surface area contributed by atoms with Crippen molar-refractivity contribution in [2.24, 2.45) is 5.41 Å². The molecule has 2 rings (SSSR count). The van der Waals surface area contributed by atoms with E-state index in [1.165, 1.54) is 11.3 Å². The first-order chi connectivity index (χ1) is 7.88. The van der Waals surface area contributed by atoms with Crippen molar-refractivity contribution >= 4 is 48.9 Å². The molecule has 7 heteroatoms. The molecule has 0 radical (unpaired) electrons. The first kappa shape index (κ1) is 13.8. The maximum Gasteiger partial charge on any atom is 0.241 e. The summed E-state index contributed by atoms with van der Waals surface area (Å²) in [7, 11) is -3.40. The molecule has 0 unspecified atom stereocenters. The van der Waals surface area contributed by atoms with Gasteiger partial charge in [-0.05, 0) is 47.2 Å². The van der Waals surface area contributed by atoms with Crippen LogP contribution >= 0.6 is 38.9 Å². The van der Waals surface area contributed by atoms with E-state index in [-0.39, 0.29) is 5.41 Å². The number of nitrogens with one attached hydrogen (secondary N) is 1. The second kappa shape index (κ2) is 4.81. The lowest BCUT2D eigenvalue weighted by Gasteiger charge is -2.12. The zero-order valence-corrected chi connectivity index (χ0v) is 13.3. The molecule has 0 aromatic carbocycles. The smallest absolute Gasteiger partial charge is 0.211 e. The second-order valence-electron chi connectivity index (χ2n) is 4.43. The van der Waals surface area contributed by atoms with Crippen molar-refractivity contribution < 1.29 is 8.42 Å². The zero-order chi connectivity index (χ0) is 12.7. The zero-order valence-electron chi connectivity index (χ0n) is 9.29. The van der Waals surface area contributed by atoms with Crippen molar-refractivity contribution in [1.82, 2.24) is 4.72 Å². The quantitative estimate of drug-likeness (QED) is 0.822. The van der Waals surface area contributed by atoms with E-state index in [4.69, 9.17) is 11.6 Å². The van der Waals surface area contributed by atoms with Gasteiger partial charge in [-0.2, -0.15) is 0 Å². The minimum Gasteiger partial charge on any atom is -0.211 e. The first-order valence-electron chi connectivity index (χ1n) is 5.20. The van der Waals surface area contributed by atoms with Gasteiger partial charge in [0.1, 0.15) is 0 Å². The van der Waals surface area contributed by atoms with Crippen molar-refractivity contribution in [3.63, 3.8) is 0 Å². The Balaban J connectivity index is 2.12. The van der Waals surface area contributed by atoms with Gasteiger partial charge in [-0.25, -0.2) is 13.1 Å². The first-order valence-corrected chi connectivity index (χ1v) is 8.83. The summed E-state index contributed by atoms with van der Waals surface area (Å²) < 4.78 is 27.7.